The molecule has 9 heteroatoms. The Hall–Kier alpha value is -2.45. The summed E-state index contributed by atoms with van der Waals surface area (Å²) in [4.78, 5) is 32.2. The highest BCUT2D eigenvalue weighted by molar-refractivity contribution is 6.30. The van der Waals surface area contributed by atoms with Gasteiger partial charge in [-0.1, -0.05) is 28.9 Å². The smallest absolute Gasteiger partial charge is 0.327 e. The van der Waals surface area contributed by atoms with E-state index in [0.717, 1.165) is 19.3 Å². The average Bonchev–Trinajstić information content (AvgIpc) is 3.12. The molecule has 0 radical (unpaired) electrons. The quantitative estimate of drug-likeness (QED) is 0.822. The number of piperidine rings is 1. The van der Waals surface area contributed by atoms with Gasteiger partial charge in [-0.2, -0.15) is 4.98 Å². The molecule has 0 saturated carbocycles. The molecule has 148 valence electrons. The lowest BCUT2D eigenvalue weighted by Gasteiger charge is -2.42. The number of fused-ring (bicyclic) bond motifs is 1. The van der Waals surface area contributed by atoms with Crippen LogP contribution in [0.5, 0.6) is 0 Å². The number of carbonyl (C=O) groups is 2. The SMILES string of the molecule is O=C1C[C@@H]2CCCCN2C(=O)N1Cc1nc(C[C@H](O)c2ccc(Cl)cc2)no1. The van der Waals surface area contributed by atoms with Crippen molar-refractivity contribution < 1.29 is 19.2 Å². The second-order valence-corrected chi connectivity index (χ2v) is 7.62. The van der Waals surface area contributed by atoms with Gasteiger partial charge < -0.3 is 14.5 Å². The Bertz CT molecular complexity index is 869. The number of rotatable bonds is 5. The Morgan fingerprint density at radius 1 is 1.25 bits per heavy atom. The summed E-state index contributed by atoms with van der Waals surface area (Å²) in [6.45, 7) is 0.626. The van der Waals surface area contributed by atoms with Crippen molar-refractivity contribution in [2.24, 2.45) is 0 Å². The molecule has 0 aliphatic carbocycles. The van der Waals surface area contributed by atoms with Crippen LogP contribution in [0.3, 0.4) is 0 Å². The number of aliphatic hydroxyl groups excluding tert-OH is 1. The minimum absolute atomic E-state index is 0.0118. The maximum absolute atomic E-state index is 12.7. The summed E-state index contributed by atoms with van der Waals surface area (Å²) in [6, 6.07) is 6.58. The monoisotopic (exact) mass is 404 g/mol. The maximum atomic E-state index is 12.7. The molecule has 2 fully saturated rings. The predicted molar refractivity (Wildman–Crippen MR) is 99.3 cm³/mol. The lowest BCUT2D eigenvalue weighted by Crippen LogP contribution is -2.57. The molecule has 2 saturated heterocycles. The fraction of sp³-hybridized carbons (Fsp3) is 0.474. The van der Waals surface area contributed by atoms with Crippen molar-refractivity contribution in [1.82, 2.24) is 19.9 Å². The number of nitrogens with zero attached hydrogens (tertiary/aromatic N) is 4. The summed E-state index contributed by atoms with van der Waals surface area (Å²) >= 11 is 5.85. The van der Waals surface area contributed by atoms with Gasteiger partial charge in [0.2, 0.25) is 11.8 Å². The molecule has 4 rings (SSSR count). The number of amides is 3. The largest absolute Gasteiger partial charge is 0.388 e. The standard InChI is InChI=1S/C19H21ClN4O4/c20-13-6-4-12(5-7-13)15(25)10-16-21-17(28-22-16)11-24-18(26)9-14-3-1-2-8-23(14)19(24)27/h4-7,14-15,25H,1-3,8-11H2/t14-,15-/m0/s1. The second kappa shape index (κ2) is 7.89. The number of imide groups is 1. The Morgan fingerprint density at radius 2 is 2.04 bits per heavy atom. The third-order valence-electron chi connectivity index (χ3n) is 5.25. The Labute approximate surface area is 167 Å². The second-order valence-electron chi connectivity index (χ2n) is 7.19. The number of benzene rings is 1. The summed E-state index contributed by atoms with van der Waals surface area (Å²) in [7, 11) is 0. The van der Waals surface area contributed by atoms with Gasteiger partial charge in [-0.15, -0.1) is 0 Å². The van der Waals surface area contributed by atoms with Crippen LogP contribution in [0, 0.1) is 0 Å². The first kappa shape index (κ1) is 18.9. The van der Waals surface area contributed by atoms with E-state index in [4.69, 9.17) is 16.1 Å². The third kappa shape index (κ3) is 3.88. The van der Waals surface area contributed by atoms with Crippen molar-refractivity contribution in [3.05, 3.63) is 46.6 Å². The summed E-state index contributed by atoms with van der Waals surface area (Å²) in [5.74, 6) is 0.273. The molecular weight excluding hydrogens is 384 g/mol. The molecule has 1 N–H and O–H groups in total. The molecule has 2 aliphatic rings. The Balaban J connectivity index is 1.41. The minimum atomic E-state index is -0.810. The van der Waals surface area contributed by atoms with Gasteiger partial charge in [0.25, 0.3) is 0 Å². The number of hydrogen-bond acceptors (Lipinski definition) is 6. The highest BCUT2D eigenvalue weighted by Crippen LogP contribution is 2.27. The zero-order chi connectivity index (χ0) is 19.7. The molecule has 2 aliphatic heterocycles. The lowest BCUT2D eigenvalue weighted by molar-refractivity contribution is -0.134. The molecule has 8 nitrogen and oxygen atoms in total. The van der Waals surface area contributed by atoms with Gasteiger partial charge in [0.1, 0.15) is 6.54 Å². The van der Waals surface area contributed by atoms with E-state index < -0.39 is 6.10 Å². The zero-order valence-electron chi connectivity index (χ0n) is 15.3. The molecule has 0 spiro atoms. The summed E-state index contributed by atoms with van der Waals surface area (Å²) < 4.78 is 5.20. The molecule has 3 heterocycles. The van der Waals surface area contributed by atoms with Crippen molar-refractivity contribution in [2.75, 3.05) is 6.54 Å². The topological polar surface area (TPSA) is 99.8 Å². The molecule has 2 atom stereocenters. The zero-order valence-corrected chi connectivity index (χ0v) is 16.0. The van der Waals surface area contributed by atoms with Crippen LogP contribution in [0.2, 0.25) is 5.02 Å². The fourth-order valence-electron chi connectivity index (χ4n) is 3.74. The van der Waals surface area contributed by atoms with E-state index in [9.17, 15) is 14.7 Å². The lowest BCUT2D eigenvalue weighted by atomic mass is 9.97. The van der Waals surface area contributed by atoms with Crippen LogP contribution in [0.15, 0.2) is 28.8 Å². The van der Waals surface area contributed by atoms with Gasteiger partial charge in [-0.25, -0.2) is 4.79 Å². The first-order valence-electron chi connectivity index (χ1n) is 9.37. The summed E-state index contributed by atoms with van der Waals surface area (Å²) in [6.07, 6.45) is 2.56. The van der Waals surface area contributed by atoms with Crippen molar-refractivity contribution >= 4 is 23.5 Å². The van der Waals surface area contributed by atoms with Crippen LogP contribution in [0.1, 0.15) is 49.1 Å². The van der Waals surface area contributed by atoms with Crippen molar-refractivity contribution in [3.63, 3.8) is 0 Å². The van der Waals surface area contributed by atoms with Crippen LogP contribution in [-0.4, -0.2) is 49.6 Å². The van der Waals surface area contributed by atoms with Gasteiger partial charge in [0, 0.05) is 30.5 Å². The average molecular weight is 405 g/mol. The van der Waals surface area contributed by atoms with E-state index in [2.05, 4.69) is 10.1 Å². The predicted octanol–water partition coefficient (Wildman–Crippen LogP) is 2.71. The number of carbonyl (C=O) groups excluding carboxylic acids is 2. The van der Waals surface area contributed by atoms with Crippen molar-refractivity contribution in [1.29, 1.82) is 0 Å². The maximum Gasteiger partial charge on any atom is 0.327 e. The van der Waals surface area contributed by atoms with Crippen LogP contribution >= 0.6 is 11.6 Å². The molecule has 2 aromatic rings. The van der Waals surface area contributed by atoms with Crippen LogP contribution in [0.25, 0.3) is 0 Å². The fourth-order valence-corrected chi connectivity index (χ4v) is 3.87. The molecule has 1 aromatic heterocycles. The normalized spacial score (nSPS) is 21.0. The van der Waals surface area contributed by atoms with Gasteiger partial charge in [-0.3, -0.25) is 9.69 Å². The van der Waals surface area contributed by atoms with Crippen LogP contribution in [-0.2, 0) is 17.8 Å². The number of aliphatic hydroxyl groups is 1. The molecule has 1 aromatic carbocycles. The molecular formula is C19H21ClN4O4. The minimum Gasteiger partial charge on any atom is -0.388 e. The van der Waals surface area contributed by atoms with E-state index in [-0.39, 0.29) is 36.8 Å². The highest BCUT2D eigenvalue weighted by Gasteiger charge is 2.40. The van der Waals surface area contributed by atoms with Gasteiger partial charge in [-0.05, 0) is 37.0 Å². The summed E-state index contributed by atoms with van der Waals surface area (Å²) in [5.41, 5.74) is 0.688. The van der Waals surface area contributed by atoms with E-state index in [1.807, 2.05) is 0 Å². The first-order chi connectivity index (χ1) is 13.5. The van der Waals surface area contributed by atoms with Crippen molar-refractivity contribution in [3.8, 4) is 0 Å². The Kier molecular flexibility index (Phi) is 5.32. The summed E-state index contributed by atoms with van der Waals surface area (Å²) in [5, 5.41) is 14.8. The van der Waals surface area contributed by atoms with Crippen molar-refractivity contribution in [2.45, 2.75) is 50.8 Å². The highest BCUT2D eigenvalue weighted by atomic mass is 35.5. The van der Waals surface area contributed by atoms with Gasteiger partial charge in [0.15, 0.2) is 5.82 Å². The molecule has 0 unspecified atom stereocenters. The molecule has 3 amide bonds. The first-order valence-corrected chi connectivity index (χ1v) is 9.75. The third-order valence-corrected chi connectivity index (χ3v) is 5.50. The Morgan fingerprint density at radius 3 is 2.82 bits per heavy atom. The van der Waals surface area contributed by atoms with E-state index >= 15 is 0 Å². The van der Waals surface area contributed by atoms with E-state index in [0.29, 0.717) is 29.4 Å². The molecule has 28 heavy (non-hydrogen) atoms. The van der Waals surface area contributed by atoms with E-state index in [1.165, 1.54) is 4.90 Å². The van der Waals surface area contributed by atoms with Crippen LogP contribution < -0.4 is 0 Å². The van der Waals surface area contributed by atoms with Gasteiger partial charge in [0.05, 0.1) is 6.10 Å². The number of hydrogen-bond donors (Lipinski definition) is 1. The molecule has 0 bridgehead atoms. The number of aromatic nitrogens is 2. The number of halogens is 1. The number of urea groups is 1. The van der Waals surface area contributed by atoms with Gasteiger partial charge >= 0.3 is 6.03 Å². The van der Waals surface area contributed by atoms with Crippen LogP contribution in [0.4, 0.5) is 4.79 Å². The van der Waals surface area contributed by atoms with E-state index in [1.54, 1.807) is 29.2 Å².